The van der Waals surface area contributed by atoms with Crippen molar-refractivity contribution in [1.29, 1.82) is 0 Å². The lowest BCUT2D eigenvalue weighted by atomic mass is 10.0. The highest BCUT2D eigenvalue weighted by Gasteiger charge is 2.23. The molecule has 0 fully saturated rings. The van der Waals surface area contributed by atoms with Gasteiger partial charge in [0, 0.05) is 6.42 Å². The summed E-state index contributed by atoms with van der Waals surface area (Å²) in [6, 6.07) is -0.920. The van der Waals surface area contributed by atoms with Gasteiger partial charge in [-0.2, -0.15) is 0 Å². The van der Waals surface area contributed by atoms with Crippen LogP contribution in [0.5, 0.6) is 0 Å². The highest BCUT2D eigenvalue weighted by Crippen LogP contribution is 2.38. The molecule has 0 radical (unpaired) electrons. The first-order valence-electron chi connectivity index (χ1n) is 31.2. The zero-order chi connectivity index (χ0) is 55.6. The lowest BCUT2D eigenvalue weighted by Crippen LogP contribution is -2.45. The van der Waals surface area contributed by atoms with E-state index in [4.69, 9.17) is 9.05 Å². The maximum atomic E-state index is 13.0. The summed E-state index contributed by atoms with van der Waals surface area (Å²) in [5.74, 6) is -0.241. The maximum Gasteiger partial charge on any atom is 0.268 e. The van der Waals surface area contributed by atoms with Crippen LogP contribution in [0.15, 0.2) is 109 Å². The fraction of sp³-hybridized carbons (Fsp3) is 0.716. The average Bonchev–Trinajstić information content (AvgIpc) is 3.38. The predicted molar refractivity (Wildman–Crippen MR) is 329 cm³/mol. The smallest absolute Gasteiger partial charge is 0.268 e. The first-order chi connectivity index (χ1) is 37.0. The molecule has 9 heteroatoms. The number of nitrogens with zero attached hydrogens (tertiary/aromatic N) is 1. The fourth-order valence-electron chi connectivity index (χ4n) is 8.64. The van der Waals surface area contributed by atoms with Crippen LogP contribution in [0.2, 0.25) is 0 Å². The molecular weight excluding hydrogens is 960 g/mol. The molecule has 0 bridgehead atoms. The highest BCUT2D eigenvalue weighted by atomic mass is 31.2. The van der Waals surface area contributed by atoms with Gasteiger partial charge in [0.1, 0.15) is 13.2 Å². The molecule has 0 aromatic carbocycles. The van der Waals surface area contributed by atoms with Crippen molar-refractivity contribution in [2.75, 3.05) is 40.9 Å². The van der Waals surface area contributed by atoms with Crippen LogP contribution in [0.25, 0.3) is 0 Å². The van der Waals surface area contributed by atoms with Gasteiger partial charge in [-0.1, -0.05) is 277 Å². The molecule has 0 saturated heterocycles. The van der Waals surface area contributed by atoms with Crippen molar-refractivity contribution in [2.45, 2.75) is 270 Å². The van der Waals surface area contributed by atoms with Gasteiger partial charge < -0.3 is 28.8 Å². The van der Waals surface area contributed by atoms with E-state index in [-0.39, 0.29) is 18.9 Å². The van der Waals surface area contributed by atoms with E-state index in [1.807, 2.05) is 27.2 Å². The summed E-state index contributed by atoms with van der Waals surface area (Å²) in [7, 11) is 1.22. The number of phosphoric ester groups is 1. The van der Waals surface area contributed by atoms with Gasteiger partial charge in [-0.3, -0.25) is 9.36 Å². The van der Waals surface area contributed by atoms with Gasteiger partial charge in [-0.25, -0.2) is 0 Å². The largest absolute Gasteiger partial charge is 0.756 e. The molecule has 0 heterocycles. The number of aliphatic hydroxyl groups excluding tert-OH is 1. The maximum absolute atomic E-state index is 13.0. The summed E-state index contributed by atoms with van der Waals surface area (Å²) in [6.07, 6.45) is 83.3. The number of quaternary nitrogens is 1. The minimum absolute atomic E-state index is 0.0154. The second-order valence-electron chi connectivity index (χ2n) is 22.0. The third-order valence-electron chi connectivity index (χ3n) is 13.5. The number of phosphoric acid groups is 1. The van der Waals surface area contributed by atoms with E-state index in [1.165, 1.54) is 148 Å². The number of nitrogens with one attached hydrogen (secondary N) is 1. The van der Waals surface area contributed by atoms with Gasteiger partial charge in [0.15, 0.2) is 0 Å². The molecule has 0 aromatic heterocycles. The quantitative estimate of drug-likeness (QED) is 0.0272. The fourth-order valence-corrected chi connectivity index (χ4v) is 9.36. The van der Waals surface area contributed by atoms with Crippen molar-refractivity contribution in [3.63, 3.8) is 0 Å². The van der Waals surface area contributed by atoms with Crippen LogP contribution < -0.4 is 10.2 Å². The highest BCUT2D eigenvalue weighted by molar-refractivity contribution is 7.45. The number of carbonyl (C=O) groups excluding carboxylic acids is 1. The predicted octanol–water partition coefficient (Wildman–Crippen LogP) is 18.9. The van der Waals surface area contributed by atoms with Crippen LogP contribution in [0.4, 0.5) is 0 Å². The van der Waals surface area contributed by atoms with Crippen molar-refractivity contribution in [1.82, 2.24) is 5.32 Å². The van der Waals surface area contributed by atoms with Crippen molar-refractivity contribution in [3.05, 3.63) is 109 Å². The van der Waals surface area contributed by atoms with Gasteiger partial charge in [0.2, 0.25) is 5.91 Å². The lowest BCUT2D eigenvalue weighted by molar-refractivity contribution is -0.870. The second-order valence-corrected chi connectivity index (χ2v) is 23.4. The second kappa shape index (κ2) is 56.9. The molecular formula is C67H119N2O6P. The van der Waals surface area contributed by atoms with Crippen LogP contribution in [-0.4, -0.2) is 68.5 Å². The zero-order valence-electron chi connectivity index (χ0n) is 49.9. The summed E-state index contributed by atoms with van der Waals surface area (Å²) in [6.45, 7) is 4.51. The molecule has 1 amide bonds. The molecule has 0 saturated carbocycles. The number of aliphatic hydroxyl groups is 1. The van der Waals surface area contributed by atoms with E-state index in [9.17, 15) is 19.4 Å². The van der Waals surface area contributed by atoms with E-state index in [1.54, 1.807) is 6.08 Å². The first-order valence-corrected chi connectivity index (χ1v) is 32.7. The minimum Gasteiger partial charge on any atom is -0.756 e. The van der Waals surface area contributed by atoms with E-state index >= 15 is 0 Å². The van der Waals surface area contributed by atoms with Gasteiger partial charge in [-0.15, -0.1) is 0 Å². The molecule has 3 unspecified atom stereocenters. The van der Waals surface area contributed by atoms with E-state index in [0.717, 1.165) is 83.5 Å². The molecule has 0 aliphatic rings. The van der Waals surface area contributed by atoms with Gasteiger partial charge in [0.25, 0.3) is 7.82 Å². The van der Waals surface area contributed by atoms with Gasteiger partial charge in [0.05, 0.1) is 39.9 Å². The SMILES string of the molecule is CC/C=C\C/C=C\C/C=C\C/C=C\C/C=C\C/C=C\C/C=C\C/C=C\CCCCC(=O)NC(COP(=O)([O-])OCC[N+](C)(C)C)C(O)/C=C/CCCCCCCCCCCCCCCCCCCCCCCCCCC. The summed E-state index contributed by atoms with van der Waals surface area (Å²) >= 11 is 0. The number of carbonyl (C=O) groups is 1. The van der Waals surface area contributed by atoms with Crippen LogP contribution in [0, 0.1) is 0 Å². The van der Waals surface area contributed by atoms with Crippen LogP contribution >= 0.6 is 7.82 Å². The monoisotopic (exact) mass is 1080 g/mol. The zero-order valence-corrected chi connectivity index (χ0v) is 50.8. The molecule has 438 valence electrons. The summed E-state index contributed by atoms with van der Waals surface area (Å²) < 4.78 is 23.4. The van der Waals surface area contributed by atoms with Crippen molar-refractivity contribution in [2.24, 2.45) is 0 Å². The molecule has 0 aliphatic heterocycles. The Morgan fingerprint density at radius 3 is 1.17 bits per heavy atom. The summed E-state index contributed by atoms with van der Waals surface area (Å²) in [5.41, 5.74) is 0. The number of hydrogen-bond acceptors (Lipinski definition) is 6. The third kappa shape index (κ3) is 58.8. The minimum atomic E-state index is -4.62. The number of amides is 1. The third-order valence-corrected chi connectivity index (χ3v) is 14.5. The Labute approximate surface area is 470 Å². The molecule has 0 rings (SSSR count). The van der Waals surface area contributed by atoms with E-state index < -0.39 is 26.6 Å². The number of hydrogen-bond donors (Lipinski definition) is 2. The Hall–Kier alpha value is -2.84. The number of rotatable bonds is 56. The molecule has 76 heavy (non-hydrogen) atoms. The molecule has 0 spiro atoms. The lowest BCUT2D eigenvalue weighted by Gasteiger charge is -2.29. The number of unbranched alkanes of at least 4 members (excludes halogenated alkanes) is 27. The molecule has 3 atom stereocenters. The average molecular weight is 1080 g/mol. The van der Waals surface area contributed by atoms with Gasteiger partial charge in [-0.05, 0) is 83.5 Å². The number of likely N-dealkylation sites (N-methyl/N-ethyl adjacent to an activating group) is 1. The normalized spacial score (nSPS) is 14.6. The Balaban J connectivity index is 4.29. The van der Waals surface area contributed by atoms with Crippen molar-refractivity contribution in [3.8, 4) is 0 Å². The standard InChI is InChI=1S/C67H119N2O6P/c1-6-8-10-12-14-16-18-20-22-24-26-28-30-32-34-36-38-40-42-44-46-48-50-52-54-56-58-60-66(70)65(64-75-76(72,73)74-63-62-69(3,4)5)68-67(71)61-59-57-55-53-51-49-47-45-43-41-39-37-35-33-31-29-27-25-23-21-19-17-15-13-11-9-7-2/h9,11,15,17,21,23,27,29,33,35,39,41,45,47,51,53,58,60,65-66,70H,6-8,10,12-14,16,18-20,22,24-26,28,30-32,34,36-38,40,42-44,46,48-50,52,54-57,59,61-64H2,1-5H3,(H-,68,71,72,73)/b11-9-,17-15-,23-21-,29-27-,35-33-,41-39-,47-45-,53-51-,60-58+. The Bertz CT molecular complexity index is 1600. The summed E-state index contributed by atoms with van der Waals surface area (Å²) in [5, 5.41) is 13.9. The Morgan fingerprint density at radius 1 is 0.474 bits per heavy atom. The Kier molecular flexibility index (Phi) is 54.7. The van der Waals surface area contributed by atoms with Crippen LogP contribution in [0.3, 0.4) is 0 Å². The van der Waals surface area contributed by atoms with Crippen LogP contribution in [-0.2, 0) is 18.4 Å². The van der Waals surface area contributed by atoms with E-state index in [2.05, 4.69) is 116 Å². The summed E-state index contributed by atoms with van der Waals surface area (Å²) in [4.78, 5) is 25.5. The topological polar surface area (TPSA) is 108 Å². The van der Waals surface area contributed by atoms with Crippen molar-refractivity contribution >= 4 is 13.7 Å². The Morgan fingerprint density at radius 2 is 0.803 bits per heavy atom. The number of allylic oxidation sites excluding steroid dienone is 17. The molecule has 0 aliphatic carbocycles. The first kappa shape index (κ1) is 73.2. The molecule has 2 N–H and O–H groups in total. The molecule has 8 nitrogen and oxygen atoms in total. The van der Waals surface area contributed by atoms with Crippen LogP contribution in [0.1, 0.15) is 258 Å². The van der Waals surface area contributed by atoms with Crippen molar-refractivity contribution < 1.29 is 32.9 Å². The van der Waals surface area contributed by atoms with Gasteiger partial charge >= 0.3 is 0 Å². The molecule has 0 aromatic rings. The van der Waals surface area contributed by atoms with E-state index in [0.29, 0.717) is 17.4 Å².